The standard InChI is InChI=1S/C21H19F4N5O3S/c22-13-1-3-14(4-2-13)26-20(34)28-27-18-16-11-15(33-21(23,24)25)5-6-17(16)30(19(18)31)12-29-7-9-32-10-8-29/h1-6,11,31H,7-10,12H2,(H,26,34). The summed E-state index contributed by atoms with van der Waals surface area (Å²) < 4.78 is 62.1. The van der Waals surface area contributed by atoms with Crippen molar-refractivity contribution in [3.8, 4) is 11.6 Å². The second kappa shape index (κ2) is 9.91. The Morgan fingerprint density at radius 1 is 1.15 bits per heavy atom. The number of alkyl halides is 3. The van der Waals surface area contributed by atoms with Gasteiger partial charge in [-0.1, -0.05) is 0 Å². The molecule has 8 nitrogen and oxygen atoms in total. The van der Waals surface area contributed by atoms with Gasteiger partial charge in [-0.2, -0.15) is 0 Å². The number of azo groups is 1. The second-order valence-corrected chi connectivity index (χ2v) is 7.72. The highest BCUT2D eigenvalue weighted by atomic mass is 32.1. The smallest absolute Gasteiger partial charge is 0.493 e. The first-order valence-electron chi connectivity index (χ1n) is 10.1. The number of rotatable bonds is 5. The molecule has 4 rings (SSSR count). The first kappa shape index (κ1) is 23.9. The molecule has 0 unspecified atom stereocenters. The van der Waals surface area contributed by atoms with Crippen molar-refractivity contribution in [1.82, 2.24) is 9.47 Å². The Morgan fingerprint density at radius 3 is 2.53 bits per heavy atom. The summed E-state index contributed by atoms with van der Waals surface area (Å²) >= 11 is 5.12. The molecule has 3 aromatic rings. The zero-order valence-electron chi connectivity index (χ0n) is 17.5. The first-order chi connectivity index (χ1) is 16.2. The Hall–Kier alpha value is -3.29. The molecule has 0 atom stereocenters. The maximum atomic E-state index is 13.1. The number of fused-ring (bicyclic) bond motifs is 1. The molecule has 34 heavy (non-hydrogen) atoms. The van der Waals surface area contributed by atoms with E-state index in [1.54, 1.807) is 0 Å². The molecule has 180 valence electrons. The van der Waals surface area contributed by atoms with E-state index in [0.717, 1.165) is 12.1 Å². The van der Waals surface area contributed by atoms with Gasteiger partial charge in [0.25, 0.3) is 0 Å². The zero-order valence-corrected chi connectivity index (χ0v) is 18.4. The summed E-state index contributed by atoms with van der Waals surface area (Å²) in [4.78, 5) is 2.02. The molecular weight excluding hydrogens is 478 g/mol. The molecule has 0 saturated carbocycles. The molecule has 1 aliphatic heterocycles. The molecule has 1 aromatic heterocycles. The molecular formula is C21H19F4N5O3S. The lowest BCUT2D eigenvalue weighted by atomic mass is 10.2. The highest BCUT2D eigenvalue weighted by Gasteiger charge is 2.31. The minimum Gasteiger partial charge on any atom is -0.493 e. The average Bonchev–Trinajstić information content (AvgIpc) is 3.04. The Morgan fingerprint density at radius 2 is 1.85 bits per heavy atom. The van der Waals surface area contributed by atoms with Crippen LogP contribution in [0.5, 0.6) is 11.6 Å². The Kier molecular flexibility index (Phi) is 6.95. The van der Waals surface area contributed by atoms with Crippen molar-refractivity contribution in [2.45, 2.75) is 13.0 Å². The topological polar surface area (TPSA) is 83.6 Å². The summed E-state index contributed by atoms with van der Waals surface area (Å²) in [5.41, 5.74) is 0.828. The van der Waals surface area contributed by atoms with E-state index >= 15 is 0 Å². The monoisotopic (exact) mass is 497 g/mol. The molecule has 13 heteroatoms. The second-order valence-electron chi connectivity index (χ2n) is 7.34. The van der Waals surface area contributed by atoms with Gasteiger partial charge in [0, 0.05) is 24.2 Å². The fraction of sp³-hybridized carbons (Fsp3) is 0.286. The van der Waals surface area contributed by atoms with Gasteiger partial charge in [-0.3, -0.25) is 9.47 Å². The molecule has 0 radical (unpaired) electrons. The Balaban J connectivity index is 1.66. The quantitative estimate of drug-likeness (QED) is 0.288. The number of thiocarbonyl (C=S) groups is 1. The van der Waals surface area contributed by atoms with Gasteiger partial charge in [-0.15, -0.1) is 23.4 Å². The van der Waals surface area contributed by atoms with Crippen LogP contribution in [0, 0.1) is 5.82 Å². The molecule has 1 saturated heterocycles. The molecule has 0 bridgehead atoms. The number of benzene rings is 2. The third kappa shape index (κ3) is 5.79. The maximum absolute atomic E-state index is 13.1. The van der Waals surface area contributed by atoms with Gasteiger partial charge in [0.15, 0.2) is 5.69 Å². The number of ether oxygens (including phenoxy) is 2. The van der Waals surface area contributed by atoms with Crippen molar-refractivity contribution >= 4 is 39.6 Å². The molecule has 0 spiro atoms. The van der Waals surface area contributed by atoms with Gasteiger partial charge < -0.3 is 19.9 Å². The normalized spacial score (nSPS) is 15.2. The average molecular weight is 497 g/mol. The molecule has 2 aromatic carbocycles. The Bertz CT molecular complexity index is 1210. The lowest BCUT2D eigenvalue weighted by Crippen LogP contribution is -2.37. The summed E-state index contributed by atoms with van der Waals surface area (Å²) in [5.74, 6) is -1.18. The number of halogens is 4. The molecule has 2 N–H and O–H groups in total. The minimum absolute atomic E-state index is 0.0702. The number of morpholine rings is 1. The van der Waals surface area contributed by atoms with Crippen LogP contribution in [0.15, 0.2) is 52.7 Å². The van der Waals surface area contributed by atoms with E-state index < -0.39 is 17.9 Å². The van der Waals surface area contributed by atoms with Crippen molar-refractivity contribution in [1.29, 1.82) is 0 Å². The van der Waals surface area contributed by atoms with Gasteiger partial charge in [0.2, 0.25) is 11.0 Å². The van der Waals surface area contributed by atoms with Crippen molar-refractivity contribution in [3.63, 3.8) is 0 Å². The third-order valence-electron chi connectivity index (χ3n) is 5.00. The molecule has 0 aliphatic carbocycles. The lowest BCUT2D eigenvalue weighted by molar-refractivity contribution is -0.274. The van der Waals surface area contributed by atoms with Crippen molar-refractivity contribution in [2.24, 2.45) is 10.2 Å². The summed E-state index contributed by atoms with van der Waals surface area (Å²) in [6, 6.07) is 9.05. The van der Waals surface area contributed by atoms with E-state index in [-0.39, 0.29) is 28.7 Å². The number of aromatic hydroxyl groups is 1. The van der Waals surface area contributed by atoms with Gasteiger partial charge in [-0.05, 0) is 54.7 Å². The van der Waals surface area contributed by atoms with E-state index in [1.807, 2.05) is 4.90 Å². The number of hydrogen-bond acceptors (Lipinski definition) is 6. The highest BCUT2D eigenvalue weighted by Crippen LogP contribution is 2.41. The summed E-state index contributed by atoms with van der Waals surface area (Å²) in [5, 5.41) is 21.6. The number of hydrogen-bond donors (Lipinski definition) is 2. The first-order valence-corrected chi connectivity index (χ1v) is 10.5. The fourth-order valence-corrected chi connectivity index (χ4v) is 3.62. The van der Waals surface area contributed by atoms with Gasteiger partial charge in [-0.25, -0.2) is 4.39 Å². The molecule has 1 fully saturated rings. The van der Waals surface area contributed by atoms with Crippen molar-refractivity contribution in [3.05, 3.63) is 48.3 Å². The minimum atomic E-state index is -4.88. The number of anilines is 1. The number of nitrogens with zero attached hydrogens (tertiary/aromatic N) is 4. The zero-order chi connectivity index (χ0) is 24.3. The van der Waals surface area contributed by atoms with E-state index in [2.05, 4.69) is 20.3 Å². The Labute approximate surface area is 196 Å². The third-order valence-corrected chi connectivity index (χ3v) is 5.18. The fourth-order valence-electron chi connectivity index (χ4n) is 3.46. The van der Waals surface area contributed by atoms with Gasteiger partial charge in [0.1, 0.15) is 11.6 Å². The van der Waals surface area contributed by atoms with Crippen LogP contribution in [-0.2, 0) is 11.4 Å². The van der Waals surface area contributed by atoms with Crippen LogP contribution in [0.25, 0.3) is 10.9 Å². The summed E-state index contributed by atoms with van der Waals surface area (Å²) in [6.45, 7) is 2.56. The predicted molar refractivity (Wildman–Crippen MR) is 120 cm³/mol. The van der Waals surface area contributed by atoms with Crippen LogP contribution in [0.1, 0.15) is 0 Å². The van der Waals surface area contributed by atoms with Gasteiger partial charge >= 0.3 is 6.36 Å². The lowest BCUT2D eigenvalue weighted by Gasteiger charge is -2.27. The van der Waals surface area contributed by atoms with E-state index in [0.29, 0.717) is 37.5 Å². The number of aromatic nitrogens is 1. The summed E-state index contributed by atoms with van der Waals surface area (Å²) in [7, 11) is 0. The van der Waals surface area contributed by atoms with Crippen LogP contribution in [0.3, 0.4) is 0 Å². The van der Waals surface area contributed by atoms with Crippen molar-refractivity contribution < 1.29 is 32.1 Å². The number of nitrogens with one attached hydrogen (secondary N) is 1. The maximum Gasteiger partial charge on any atom is 0.573 e. The van der Waals surface area contributed by atoms with Crippen LogP contribution < -0.4 is 10.1 Å². The highest BCUT2D eigenvalue weighted by molar-refractivity contribution is 7.80. The van der Waals surface area contributed by atoms with E-state index in [9.17, 15) is 22.7 Å². The van der Waals surface area contributed by atoms with E-state index in [1.165, 1.54) is 34.9 Å². The molecule has 1 aliphatic rings. The van der Waals surface area contributed by atoms with Crippen LogP contribution in [0.2, 0.25) is 0 Å². The molecule has 0 amide bonds. The van der Waals surface area contributed by atoms with E-state index in [4.69, 9.17) is 17.0 Å². The predicted octanol–water partition coefficient (Wildman–Crippen LogP) is 5.16. The molecule has 2 heterocycles. The summed E-state index contributed by atoms with van der Waals surface area (Å²) in [6.07, 6.45) is -4.88. The van der Waals surface area contributed by atoms with Crippen LogP contribution in [-0.4, -0.2) is 52.4 Å². The SMILES string of the molecule is Oc1c(N=NC(=S)Nc2ccc(F)cc2)c2cc(OC(F)(F)F)ccc2n1CN1CCOCC1. The van der Waals surface area contributed by atoms with Crippen molar-refractivity contribution in [2.75, 3.05) is 31.6 Å². The van der Waals surface area contributed by atoms with Crippen LogP contribution in [0.4, 0.5) is 28.9 Å². The van der Waals surface area contributed by atoms with Crippen LogP contribution >= 0.6 is 12.2 Å². The van der Waals surface area contributed by atoms with Gasteiger partial charge in [0.05, 0.1) is 25.4 Å². The largest absolute Gasteiger partial charge is 0.573 e.